The van der Waals surface area contributed by atoms with Gasteiger partial charge in [-0.25, -0.2) is 9.37 Å². The Labute approximate surface area is 115 Å². The SMILES string of the molecule is Nc1cc(Cl)c(-c2ccc(N3CCC3)nc2)cc1F. The van der Waals surface area contributed by atoms with E-state index >= 15 is 0 Å². The van der Waals surface area contributed by atoms with Gasteiger partial charge in [-0.15, -0.1) is 0 Å². The van der Waals surface area contributed by atoms with Crippen LogP contribution >= 0.6 is 11.6 Å². The van der Waals surface area contributed by atoms with E-state index in [0.717, 1.165) is 24.5 Å². The number of nitrogens with two attached hydrogens (primary N) is 1. The fourth-order valence-electron chi connectivity index (χ4n) is 2.06. The van der Waals surface area contributed by atoms with E-state index < -0.39 is 5.82 Å². The van der Waals surface area contributed by atoms with Gasteiger partial charge >= 0.3 is 0 Å². The van der Waals surface area contributed by atoms with Gasteiger partial charge in [0, 0.05) is 30.4 Å². The van der Waals surface area contributed by atoms with Gasteiger partial charge in [0.25, 0.3) is 0 Å². The van der Waals surface area contributed by atoms with Crippen LogP contribution in [-0.4, -0.2) is 18.1 Å². The highest BCUT2D eigenvalue weighted by atomic mass is 35.5. The lowest BCUT2D eigenvalue weighted by Gasteiger charge is -2.31. The van der Waals surface area contributed by atoms with Crippen molar-refractivity contribution in [2.45, 2.75) is 6.42 Å². The molecular formula is C14H13ClFN3. The first-order chi connectivity index (χ1) is 9.15. The highest BCUT2D eigenvalue weighted by Crippen LogP contribution is 2.32. The van der Waals surface area contributed by atoms with E-state index in [0.29, 0.717) is 10.6 Å². The average molecular weight is 278 g/mol. The fourth-order valence-corrected chi connectivity index (χ4v) is 2.34. The van der Waals surface area contributed by atoms with Crippen molar-refractivity contribution in [3.05, 3.63) is 41.3 Å². The van der Waals surface area contributed by atoms with E-state index in [9.17, 15) is 4.39 Å². The lowest BCUT2D eigenvalue weighted by molar-refractivity contribution is 0.610. The Morgan fingerprint density at radius 3 is 2.63 bits per heavy atom. The summed E-state index contributed by atoms with van der Waals surface area (Å²) in [5.41, 5.74) is 6.92. The number of rotatable bonds is 2. The lowest BCUT2D eigenvalue weighted by Crippen LogP contribution is -2.37. The van der Waals surface area contributed by atoms with Crippen LogP contribution in [0.1, 0.15) is 6.42 Å². The largest absolute Gasteiger partial charge is 0.396 e. The molecule has 0 amide bonds. The van der Waals surface area contributed by atoms with Gasteiger partial charge in [0.1, 0.15) is 11.6 Å². The molecule has 98 valence electrons. The number of halogens is 2. The number of hydrogen-bond acceptors (Lipinski definition) is 3. The molecule has 0 atom stereocenters. The van der Waals surface area contributed by atoms with Gasteiger partial charge in [0.2, 0.25) is 0 Å². The Kier molecular flexibility index (Phi) is 3.03. The lowest BCUT2D eigenvalue weighted by atomic mass is 10.1. The molecule has 1 aromatic heterocycles. The molecule has 1 aromatic carbocycles. The van der Waals surface area contributed by atoms with Gasteiger partial charge in [-0.3, -0.25) is 0 Å². The zero-order valence-electron chi connectivity index (χ0n) is 10.2. The summed E-state index contributed by atoms with van der Waals surface area (Å²) in [6.45, 7) is 2.09. The standard InChI is InChI=1S/C14H13ClFN3/c15-11-7-13(17)12(16)6-10(11)9-2-3-14(18-8-9)19-4-1-5-19/h2-3,6-8H,1,4-5,17H2. The van der Waals surface area contributed by atoms with Crippen LogP contribution in [-0.2, 0) is 0 Å². The molecule has 0 unspecified atom stereocenters. The van der Waals surface area contributed by atoms with Crippen LogP contribution in [0.15, 0.2) is 30.5 Å². The van der Waals surface area contributed by atoms with Crippen LogP contribution in [0, 0.1) is 5.82 Å². The number of pyridine rings is 1. The van der Waals surface area contributed by atoms with Crippen molar-refractivity contribution in [1.29, 1.82) is 0 Å². The number of anilines is 2. The van der Waals surface area contributed by atoms with Crippen molar-refractivity contribution in [1.82, 2.24) is 4.98 Å². The normalized spacial score (nSPS) is 14.3. The van der Waals surface area contributed by atoms with Gasteiger partial charge in [0.15, 0.2) is 0 Å². The average Bonchev–Trinajstić information content (AvgIpc) is 2.33. The van der Waals surface area contributed by atoms with E-state index in [4.69, 9.17) is 17.3 Å². The van der Waals surface area contributed by atoms with E-state index in [2.05, 4.69) is 9.88 Å². The Bertz CT molecular complexity index is 609. The van der Waals surface area contributed by atoms with Crippen molar-refractivity contribution < 1.29 is 4.39 Å². The summed E-state index contributed by atoms with van der Waals surface area (Å²) in [5, 5.41) is 0.428. The Morgan fingerprint density at radius 2 is 2.05 bits per heavy atom. The number of nitrogens with zero attached hydrogens (tertiary/aromatic N) is 2. The van der Waals surface area contributed by atoms with Crippen molar-refractivity contribution in [3.8, 4) is 11.1 Å². The molecule has 0 saturated carbocycles. The van der Waals surface area contributed by atoms with Crippen LogP contribution in [0.2, 0.25) is 5.02 Å². The molecule has 0 bridgehead atoms. The highest BCUT2D eigenvalue weighted by molar-refractivity contribution is 6.33. The minimum Gasteiger partial charge on any atom is -0.396 e. The molecule has 3 nitrogen and oxygen atoms in total. The monoisotopic (exact) mass is 277 g/mol. The Balaban J connectivity index is 1.95. The van der Waals surface area contributed by atoms with Crippen molar-refractivity contribution in [2.75, 3.05) is 23.7 Å². The molecule has 1 aliphatic rings. The van der Waals surface area contributed by atoms with Gasteiger partial charge in [-0.1, -0.05) is 11.6 Å². The molecule has 2 aromatic rings. The third-order valence-corrected chi connectivity index (χ3v) is 3.64. The number of benzene rings is 1. The van der Waals surface area contributed by atoms with Gasteiger partial charge in [0.05, 0.1) is 10.7 Å². The highest BCUT2D eigenvalue weighted by Gasteiger charge is 2.16. The molecule has 1 fully saturated rings. The van der Waals surface area contributed by atoms with Crippen LogP contribution in [0.5, 0.6) is 0 Å². The Morgan fingerprint density at radius 1 is 1.26 bits per heavy atom. The molecule has 0 radical (unpaired) electrons. The van der Waals surface area contributed by atoms with E-state index in [1.807, 2.05) is 12.1 Å². The molecule has 5 heteroatoms. The molecule has 19 heavy (non-hydrogen) atoms. The second kappa shape index (κ2) is 4.70. The Hall–Kier alpha value is -1.81. The summed E-state index contributed by atoms with van der Waals surface area (Å²) >= 11 is 6.09. The summed E-state index contributed by atoms with van der Waals surface area (Å²) < 4.78 is 13.5. The number of hydrogen-bond donors (Lipinski definition) is 1. The van der Waals surface area contributed by atoms with Crippen molar-refractivity contribution in [2.24, 2.45) is 0 Å². The minimum absolute atomic E-state index is 0.0545. The predicted octanol–water partition coefficient (Wildman–Crippen LogP) is 3.33. The molecule has 3 rings (SSSR count). The summed E-state index contributed by atoms with van der Waals surface area (Å²) in [4.78, 5) is 6.57. The number of nitrogen functional groups attached to an aromatic ring is 1. The maximum absolute atomic E-state index is 13.5. The van der Waals surface area contributed by atoms with Crippen LogP contribution in [0.4, 0.5) is 15.9 Å². The maximum Gasteiger partial charge on any atom is 0.146 e. The second-order valence-electron chi connectivity index (χ2n) is 4.60. The first kappa shape index (κ1) is 12.2. The fraction of sp³-hybridized carbons (Fsp3) is 0.214. The van der Waals surface area contributed by atoms with Crippen molar-refractivity contribution in [3.63, 3.8) is 0 Å². The quantitative estimate of drug-likeness (QED) is 0.856. The van der Waals surface area contributed by atoms with Crippen molar-refractivity contribution >= 4 is 23.1 Å². The third-order valence-electron chi connectivity index (χ3n) is 3.33. The van der Waals surface area contributed by atoms with E-state index in [-0.39, 0.29) is 5.69 Å². The topological polar surface area (TPSA) is 42.1 Å². The molecule has 0 spiro atoms. The summed E-state index contributed by atoms with van der Waals surface area (Å²) in [6.07, 6.45) is 2.92. The molecular weight excluding hydrogens is 265 g/mol. The zero-order valence-corrected chi connectivity index (χ0v) is 11.0. The first-order valence-electron chi connectivity index (χ1n) is 6.11. The molecule has 1 aliphatic heterocycles. The van der Waals surface area contributed by atoms with Crippen LogP contribution in [0.25, 0.3) is 11.1 Å². The van der Waals surface area contributed by atoms with Crippen LogP contribution < -0.4 is 10.6 Å². The molecule has 1 saturated heterocycles. The molecule has 2 heterocycles. The molecule has 2 N–H and O–H groups in total. The minimum atomic E-state index is -0.466. The molecule has 0 aliphatic carbocycles. The summed E-state index contributed by atoms with van der Waals surface area (Å²) in [6, 6.07) is 6.60. The maximum atomic E-state index is 13.5. The smallest absolute Gasteiger partial charge is 0.146 e. The summed E-state index contributed by atoms with van der Waals surface area (Å²) in [5.74, 6) is 0.480. The van der Waals surface area contributed by atoms with Crippen LogP contribution in [0.3, 0.4) is 0 Å². The predicted molar refractivity (Wildman–Crippen MR) is 75.9 cm³/mol. The summed E-state index contributed by atoms with van der Waals surface area (Å²) in [7, 11) is 0. The third kappa shape index (κ3) is 2.24. The van der Waals surface area contributed by atoms with E-state index in [1.54, 1.807) is 6.20 Å². The van der Waals surface area contributed by atoms with Gasteiger partial charge < -0.3 is 10.6 Å². The van der Waals surface area contributed by atoms with Gasteiger partial charge in [-0.2, -0.15) is 0 Å². The number of aromatic nitrogens is 1. The second-order valence-corrected chi connectivity index (χ2v) is 5.01. The van der Waals surface area contributed by atoms with E-state index in [1.165, 1.54) is 18.6 Å². The van der Waals surface area contributed by atoms with Gasteiger partial charge in [-0.05, 0) is 30.7 Å². The zero-order chi connectivity index (χ0) is 13.4. The first-order valence-corrected chi connectivity index (χ1v) is 6.49.